The molecule has 0 spiro atoms. The molecule has 0 atom stereocenters. The number of piperidine rings is 1. The average molecular weight is 356 g/mol. The van der Waals surface area contributed by atoms with E-state index in [2.05, 4.69) is 20.0 Å². The molecular formula is C16H19F3N4O2. The van der Waals surface area contributed by atoms with Crippen molar-refractivity contribution < 1.29 is 22.4 Å². The molecule has 1 aliphatic heterocycles. The number of nitrogens with zero attached hydrogens (tertiary/aromatic N) is 4. The van der Waals surface area contributed by atoms with Crippen LogP contribution in [0, 0.1) is 12.8 Å². The van der Waals surface area contributed by atoms with Crippen LogP contribution in [0.25, 0.3) is 0 Å². The van der Waals surface area contributed by atoms with Crippen LogP contribution in [0.15, 0.2) is 22.7 Å². The number of pyridine rings is 1. The van der Waals surface area contributed by atoms with E-state index in [1.807, 2.05) is 0 Å². The third-order valence-electron chi connectivity index (χ3n) is 4.12. The zero-order chi connectivity index (χ0) is 17.9. The van der Waals surface area contributed by atoms with Crippen LogP contribution in [-0.2, 0) is 12.7 Å². The number of likely N-dealkylation sites (tertiary alicyclic amines) is 1. The van der Waals surface area contributed by atoms with Gasteiger partial charge in [0, 0.05) is 6.07 Å². The molecule has 1 aliphatic rings. The smallest absolute Gasteiger partial charge is 0.433 e. The van der Waals surface area contributed by atoms with Gasteiger partial charge in [0.1, 0.15) is 5.69 Å². The van der Waals surface area contributed by atoms with Gasteiger partial charge in [0.2, 0.25) is 11.8 Å². The van der Waals surface area contributed by atoms with Gasteiger partial charge in [-0.05, 0) is 44.8 Å². The summed E-state index contributed by atoms with van der Waals surface area (Å²) in [5.41, 5.74) is -0.935. The lowest BCUT2D eigenvalue weighted by molar-refractivity contribution is -0.141. The van der Waals surface area contributed by atoms with E-state index in [4.69, 9.17) is 9.26 Å². The quantitative estimate of drug-likeness (QED) is 0.820. The van der Waals surface area contributed by atoms with Crippen molar-refractivity contribution in [1.29, 1.82) is 0 Å². The molecule has 0 unspecified atom stereocenters. The highest BCUT2D eigenvalue weighted by Gasteiger charge is 2.32. The van der Waals surface area contributed by atoms with Crippen molar-refractivity contribution in [3.8, 4) is 5.88 Å². The normalized spacial score (nSPS) is 17.0. The summed E-state index contributed by atoms with van der Waals surface area (Å²) in [4.78, 5) is 9.91. The van der Waals surface area contributed by atoms with Gasteiger partial charge < -0.3 is 9.26 Å². The third kappa shape index (κ3) is 4.91. The molecule has 136 valence electrons. The summed E-state index contributed by atoms with van der Waals surface area (Å²) in [6.45, 7) is 4.46. The second-order valence-corrected chi connectivity index (χ2v) is 6.12. The molecule has 25 heavy (non-hydrogen) atoms. The van der Waals surface area contributed by atoms with Crippen LogP contribution in [0.1, 0.15) is 30.3 Å². The maximum atomic E-state index is 12.6. The molecule has 0 bridgehead atoms. The van der Waals surface area contributed by atoms with Crippen molar-refractivity contribution in [3.05, 3.63) is 35.6 Å². The lowest BCUT2D eigenvalue weighted by atomic mass is 9.98. The van der Waals surface area contributed by atoms with E-state index in [1.165, 1.54) is 12.1 Å². The van der Waals surface area contributed by atoms with Gasteiger partial charge in [0.15, 0.2) is 5.82 Å². The van der Waals surface area contributed by atoms with Crippen LogP contribution in [0.4, 0.5) is 13.2 Å². The van der Waals surface area contributed by atoms with Gasteiger partial charge in [0.25, 0.3) is 0 Å². The molecule has 3 rings (SSSR count). The van der Waals surface area contributed by atoms with Gasteiger partial charge in [-0.3, -0.25) is 4.90 Å². The fourth-order valence-electron chi connectivity index (χ4n) is 2.76. The Morgan fingerprint density at radius 2 is 2.00 bits per heavy atom. The van der Waals surface area contributed by atoms with E-state index in [1.54, 1.807) is 6.92 Å². The zero-order valence-corrected chi connectivity index (χ0v) is 13.8. The van der Waals surface area contributed by atoms with Crippen LogP contribution in [0.5, 0.6) is 5.88 Å². The van der Waals surface area contributed by atoms with Crippen LogP contribution in [0.2, 0.25) is 0 Å². The average Bonchev–Trinajstić information content (AvgIpc) is 2.99. The van der Waals surface area contributed by atoms with Crippen molar-refractivity contribution in [3.63, 3.8) is 0 Å². The number of rotatable bonds is 5. The molecule has 0 N–H and O–H groups in total. The molecule has 0 aromatic carbocycles. The molecule has 0 saturated carbocycles. The van der Waals surface area contributed by atoms with E-state index < -0.39 is 11.9 Å². The molecule has 0 aliphatic carbocycles. The lowest BCUT2D eigenvalue weighted by Gasteiger charge is -2.30. The maximum Gasteiger partial charge on any atom is 0.433 e. The third-order valence-corrected chi connectivity index (χ3v) is 4.12. The summed E-state index contributed by atoms with van der Waals surface area (Å²) in [6, 6.07) is 3.69. The topological polar surface area (TPSA) is 64.3 Å². The predicted octanol–water partition coefficient (Wildman–Crippen LogP) is 3.08. The SMILES string of the molecule is Cc1noc(CN2CCC(COc3cccc(C(F)(F)F)n3)CC2)n1. The summed E-state index contributed by atoms with van der Waals surface area (Å²) >= 11 is 0. The minimum absolute atomic E-state index is 0.0126. The molecule has 0 radical (unpaired) electrons. The summed E-state index contributed by atoms with van der Waals surface area (Å²) in [6.07, 6.45) is -2.67. The van der Waals surface area contributed by atoms with Crippen molar-refractivity contribution in [2.75, 3.05) is 19.7 Å². The molecule has 0 amide bonds. The first-order valence-electron chi connectivity index (χ1n) is 8.09. The number of halogens is 3. The van der Waals surface area contributed by atoms with E-state index in [-0.39, 0.29) is 11.8 Å². The number of hydrogen-bond acceptors (Lipinski definition) is 6. The zero-order valence-electron chi connectivity index (χ0n) is 13.8. The number of alkyl halides is 3. The number of ether oxygens (including phenoxy) is 1. The molecule has 9 heteroatoms. The van der Waals surface area contributed by atoms with Crippen molar-refractivity contribution in [2.45, 2.75) is 32.5 Å². The highest BCUT2D eigenvalue weighted by atomic mass is 19.4. The largest absolute Gasteiger partial charge is 0.477 e. The maximum absolute atomic E-state index is 12.6. The van der Waals surface area contributed by atoms with Crippen LogP contribution in [0.3, 0.4) is 0 Å². The van der Waals surface area contributed by atoms with Gasteiger partial charge in [0.05, 0.1) is 13.2 Å². The van der Waals surface area contributed by atoms with Gasteiger partial charge >= 0.3 is 6.18 Å². The van der Waals surface area contributed by atoms with Gasteiger partial charge in [-0.15, -0.1) is 0 Å². The Morgan fingerprint density at radius 1 is 1.24 bits per heavy atom. The highest BCUT2D eigenvalue weighted by Crippen LogP contribution is 2.29. The summed E-state index contributed by atoms with van der Waals surface area (Å²) < 4.78 is 48.5. The molecule has 3 heterocycles. The molecule has 2 aromatic rings. The minimum atomic E-state index is -4.46. The van der Waals surface area contributed by atoms with Crippen molar-refractivity contribution >= 4 is 0 Å². The van der Waals surface area contributed by atoms with Gasteiger partial charge in [-0.1, -0.05) is 11.2 Å². The van der Waals surface area contributed by atoms with Crippen molar-refractivity contribution in [1.82, 2.24) is 20.0 Å². The van der Waals surface area contributed by atoms with E-state index in [9.17, 15) is 13.2 Å². The Kier molecular flexibility index (Phi) is 5.22. The van der Waals surface area contributed by atoms with Crippen LogP contribution < -0.4 is 4.74 Å². The Bertz CT molecular complexity index is 697. The first-order valence-corrected chi connectivity index (χ1v) is 8.09. The Hall–Kier alpha value is -2.16. The molecule has 1 saturated heterocycles. The Balaban J connectivity index is 1.45. The predicted molar refractivity (Wildman–Crippen MR) is 81.8 cm³/mol. The molecule has 1 fully saturated rings. The van der Waals surface area contributed by atoms with E-state index in [0.29, 0.717) is 24.9 Å². The molecule has 6 nitrogen and oxygen atoms in total. The first-order chi connectivity index (χ1) is 11.9. The fraction of sp³-hybridized carbons (Fsp3) is 0.562. The standard InChI is InChI=1S/C16H19F3N4O2/c1-11-20-15(25-22-11)9-23-7-5-12(6-8-23)10-24-14-4-2-3-13(21-14)16(17,18)19/h2-4,12H,5-10H2,1H3. The summed E-state index contributed by atoms with van der Waals surface area (Å²) in [7, 11) is 0. The van der Waals surface area contributed by atoms with Gasteiger partial charge in [-0.2, -0.15) is 18.2 Å². The van der Waals surface area contributed by atoms with E-state index >= 15 is 0 Å². The summed E-state index contributed by atoms with van der Waals surface area (Å²) in [5, 5.41) is 3.76. The number of aryl methyl sites for hydroxylation is 1. The fourth-order valence-corrected chi connectivity index (χ4v) is 2.76. The van der Waals surface area contributed by atoms with Crippen molar-refractivity contribution in [2.24, 2.45) is 5.92 Å². The number of hydrogen-bond donors (Lipinski definition) is 0. The monoisotopic (exact) mass is 356 g/mol. The van der Waals surface area contributed by atoms with Crippen LogP contribution >= 0.6 is 0 Å². The summed E-state index contributed by atoms with van der Waals surface area (Å²) in [5.74, 6) is 1.52. The van der Waals surface area contributed by atoms with Gasteiger partial charge in [-0.25, -0.2) is 4.98 Å². The Labute approximate surface area is 143 Å². The second kappa shape index (κ2) is 7.38. The minimum Gasteiger partial charge on any atom is -0.477 e. The second-order valence-electron chi connectivity index (χ2n) is 6.12. The van der Waals surface area contributed by atoms with Crippen LogP contribution in [-0.4, -0.2) is 39.7 Å². The Morgan fingerprint density at radius 3 is 2.64 bits per heavy atom. The lowest BCUT2D eigenvalue weighted by Crippen LogP contribution is -2.35. The first kappa shape index (κ1) is 17.7. The van der Waals surface area contributed by atoms with E-state index in [0.717, 1.165) is 32.0 Å². The molecular weight excluding hydrogens is 337 g/mol. The number of aromatic nitrogens is 3. The molecule has 2 aromatic heterocycles. The highest BCUT2D eigenvalue weighted by molar-refractivity contribution is 5.17.